The van der Waals surface area contributed by atoms with Gasteiger partial charge in [-0.2, -0.15) is 0 Å². The molecule has 0 amide bonds. The summed E-state index contributed by atoms with van der Waals surface area (Å²) in [6.07, 6.45) is 6.48. The molecule has 1 aliphatic carbocycles. The Balaban J connectivity index is 2.24. The number of nitrogens with two attached hydrogens (primary N) is 1. The van der Waals surface area contributed by atoms with Gasteiger partial charge in [-0.05, 0) is 25.2 Å². The predicted octanol–water partition coefficient (Wildman–Crippen LogP) is 2.85. The van der Waals surface area contributed by atoms with Crippen molar-refractivity contribution in [1.29, 1.82) is 0 Å². The third kappa shape index (κ3) is 2.28. The molecule has 1 heterocycles. The normalized spacial score (nSPS) is 19.5. The first-order valence-corrected chi connectivity index (χ1v) is 7.01. The Morgan fingerprint density at radius 2 is 2.00 bits per heavy atom. The molecule has 16 heavy (non-hydrogen) atoms. The van der Waals surface area contributed by atoms with Crippen LogP contribution in [0.4, 0.5) is 0 Å². The van der Waals surface area contributed by atoms with E-state index >= 15 is 0 Å². The lowest BCUT2D eigenvalue weighted by Gasteiger charge is -2.27. The third-order valence-corrected chi connectivity index (χ3v) is 4.65. The number of nitrogens with zero attached hydrogens (tertiary/aromatic N) is 2. The first-order chi connectivity index (χ1) is 7.66. The molecular weight excluding hydrogens is 218 g/mol. The average molecular weight is 239 g/mol. The Morgan fingerprint density at radius 1 is 1.31 bits per heavy atom. The molecule has 0 saturated heterocycles. The zero-order valence-corrected chi connectivity index (χ0v) is 11.0. The minimum absolute atomic E-state index is 0.319. The Hall–Kier alpha value is -0.480. The van der Waals surface area contributed by atoms with Crippen LogP contribution in [0, 0.1) is 5.92 Å². The fourth-order valence-electron chi connectivity index (χ4n) is 2.89. The van der Waals surface area contributed by atoms with E-state index in [0.717, 1.165) is 10.9 Å². The van der Waals surface area contributed by atoms with Gasteiger partial charge in [0, 0.05) is 12.0 Å². The fraction of sp³-hybridized carbons (Fsp3) is 0.833. The number of rotatable bonds is 4. The molecule has 4 heteroatoms. The van der Waals surface area contributed by atoms with Gasteiger partial charge in [0.1, 0.15) is 10.0 Å². The van der Waals surface area contributed by atoms with Crippen molar-refractivity contribution in [3.63, 3.8) is 0 Å². The second kappa shape index (κ2) is 4.80. The summed E-state index contributed by atoms with van der Waals surface area (Å²) in [6.45, 7) is 5.12. The van der Waals surface area contributed by atoms with E-state index < -0.39 is 0 Å². The van der Waals surface area contributed by atoms with Crippen molar-refractivity contribution >= 4 is 11.3 Å². The topological polar surface area (TPSA) is 51.8 Å². The van der Waals surface area contributed by atoms with E-state index in [9.17, 15) is 0 Å². The maximum absolute atomic E-state index is 5.61. The summed E-state index contributed by atoms with van der Waals surface area (Å²) in [6, 6.07) is 0. The quantitative estimate of drug-likeness (QED) is 0.879. The van der Waals surface area contributed by atoms with E-state index in [-0.39, 0.29) is 0 Å². The highest BCUT2D eigenvalue weighted by atomic mass is 32.1. The van der Waals surface area contributed by atoms with Gasteiger partial charge in [0.05, 0.1) is 0 Å². The highest BCUT2D eigenvalue weighted by Gasteiger charge is 2.39. The molecule has 90 valence electrons. The largest absolute Gasteiger partial charge is 0.324 e. The van der Waals surface area contributed by atoms with Crippen LogP contribution >= 0.6 is 11.3 Å². The molecule has 0 radical (unpaired) electrons. The van der Waals surface area contributed by atoms with Gasteiger partial charge in [-0.15, -0.1) is 10.2 Å². The average Bonchev–Trinajstić information content (AvgIpc) is 2.84. The number of aromatic nitrogens is 2. The Labute approximate surface area is 101 Å². The zero-order valence-electron chi connectivity index (χ0n) is 10.2. The van der Waals surface area contributed by atoms with E-state index in [4.69, 9.17) is 5.73 Å². The SMILES string of the molecule is CC(C)CC1(c2nnc(CN)s2)CCCC1. The fourth-order valence-corrected chi connectivity index (χ4v) is 3.86. The molecule has 1 aromatic heterocycles. The van der Waals surface area contributed by atoms with Crippen molar-refractivity contribution < 1.29 is 0 Å². The van der Waals surface area contributed by atoms with Crippen LogP contribution in [0.5, 0.6) is 0 Å². The van der Waals surface area contributed by atoms with Crippen molar-refractivity contribution in [3.05, 3.63) is 10.0 Å². The summed E-state index contributed by atoms with van der Waals surface area (Å²) in [5, 5.41) is 10.8. The van der Waals surface area contributed by atoms with Gasteiger partial charge in [0.25, 0.3) is 0 Å². The van der Waals surface area contributed by atoms with Crippen LogP contribution in [-0.2, 0) is 12.0 Å². The maximum atomic E-state index is 5.61. The molecule has 0 spiro atoms. The molecule has 1 aliphatic rings. The minimum atomic E-state index is 0.319. The van der Waals surface area contributed by atoms with Crippen molar-refractivity contribution in [1.82, 2.24) is 10.2 Å². The second-order valence-electron chi connectivity index (χ2n) is 5.29. The van der Waals surface area contributed by atoms with Crippen LogP contribution in [0.1, 0.15) is 56.0 Å². The standard InChI is InChI=1S/C12H21N3S/c1-9(2)7-12(5-3-4-6-12)11-15-14-10(8-13)16-11/h9H,3-8,13H2,1-2H3. The first kappa shape index (κ1) is 12.0. The van der Waals surface area contributed by atoms with Crippen LogP contribution in [0.25, 0.3) is 0 Å². The van der Waals surface area contributed by atoms with E-state index in [2.05, 4.69) is 24.0 Å². The van der Waals surface area contributed by atoms with Gasteiger partial charge in [0.15, 0.2) is 0 Å². The van der Waals surface area contributed by atoms with E-state index in [0.29, 0.717) is 12.0 Å². The number of hydrogen-bond acceptors (Lipinski definition) is 4. The Kier molecular flexibility index (Phi) is 3.60. The van der Waals surface area contributed by atoms with Crippen LogP contribution in [0.3, 0.4) is 0 Å². The van der Waals surface area contributed by atoms with Crippen LogP contribution < -0.4 is 5.73 Å². The number of hydrogen-bond donors (Lipinski definition) is 1. The molecule has 3 nitrogen and oxygen atoms in total. The van der Waals surface area contributed by atoms with Crippen LogP contribution in [0.2, 0.25) is 0 Å². The Bertz CT molecular complexity index is 340. The van der Waals surface area contributed by atoms with Gasteiger partial charge >= 0.3 is 0 Å². The molecule has 0 aromatic carbocycles. The molecule has 2 N–H and O–H groups in total. The summed E-state index contributed by atoms with van der Waals surface area (Å²) in [5.41, 5.74) is 5.93. The van der Waals surface area contributed by atoms with Crippen molar-refractivity contribution in [2.24, 2.45) is 11.7 Å². The lowest BCUT2D eigenvalue weighted by atomic mass is 9.79. The highest BCUT2D eigenvalue weighted by molar-refractivity contribution is 7.11. The molecule has 0 atom stereocenters. The molecular formula is C12H21N3S. The molecule has 1 aromatic rings. The van der Waals surface area contributed by atoms with Crippen molar-refractivity contribution in [2.75, 3.05) is 0 Å². The van der Waals surface area contributed by atoms with Gasteiger partial charge in [-0.1, -0.05) is 38.0 Å². The molecule has 1 fully saturated rings. The smallest absolute Gasteiger partial charge is 0.131 e. The van der Waals surface area contributed by atoms with Crippen molar-refractivity contribution in [2.45, 2.75) is 57.9 Å². The maximum Gasteiger partial charge on any atom is 0.131 e. The van der Waals surface area contributed by atoms with Gasteiger partial charge < -0.3 is 5.73 Å². The van der Waals surface area contributed by atoms with E-state index in [1.54, 1.807) is 11.3 Å². The van der Waals surface area contributed by atoms with Crippen molar-refractivity contribution in [3.8, 4) is 0 Å². The Morgan fingerprint density at radius 3 is 2.50 bits per heavy atom. The molecule has 0 bridgehead atoms. The second-order valence-corrected chi connectivity index (χ2v) is 6.35. The van der Waals surface area contributed by atoms with Gasteiger partial charge in [0.2, 0.25) is 0 Å². The highest BCUT2D eigenvalue weighted by Crippen LogP contribution is 2.46. The van der Waals surface area contributed by atoms with Crippen LogP contribution in [-0.4, -0.2) is 10.2 Å². The van der Waals surface area contributed by atoms with Crippen LogP contribution in [0.15, 0.2) is 0 Å². The lowest BCUT2D eigenvalue weighted by molar-refractivity contribution is 0.343. The molecule has 2 rings (SSSR count). The van der Waals surface area contributed by atoms with Gasteiger partial charge in [-0.25, -0.2) is 0 Å². The zero-order chi connectivity index (χ0) is 11.6. The first-order valence-electron chi connectivity index (χ1n) is 6.19. The van der Waals surface area contributed by atoms with E-state index in [1.807, 2.05) is 0 Å². The summed E-state index contributed by atoms with van der Waals surface area (Å²) < 4.78 is 0. The monoisotopic (exact) mass is 239 g/mol. The molecule has 0 unspecified atom stereocenters. The summed E-state index contributed by atoms with van der Waals surface area (Å²) in [4.78, 5) is 0. The summed E-state index contributed by atoms with van der Waals surface area (Å²) in [7, 11) is 0. The minimum Gasteiger partial charge on any atom is -0.324 e. The van der Waals surface area contributed by atoms with E-state index in [1.165, 1.54) is 37.1 Å². The van der Waals surface area contributed by atoms with Gasteiger partial charge in [-0.3, -0.25) is 0 Å². The predicted molar refractivity (Wildman–Crippen MR) is 67.4 cm³/mol. The molecule has 0 aliphatic heterocycles. The third-order valence-electron chi connectivity index (χ3n) is 3.45. The summed E-state index contributed by atoms with van der Waals surface area (Å²) >= 11 is 1.72. The lowest BCUT2D eigenvalue weighted by Crippen LogP contribution is -2.24. The summed E-state index contributed by atoms with van der Waals surface area (Å²) in [5.74, 6) is 0.725. The molecule has 1 saturated carbocycles.